The lowest BCUT2D eigenvalue weighted by molar-refractivity contribution is -0.117. The first kappa shape index (κ1) is 22.7. The van der Waals surface area contributed by atoms with Crippen LogP contribution in [0.15, 0.2) is 71.2 Å². The van der Waals surface area contributed by atoms with Gasteiger partial charge in [0.05, 0.1) is 17.6 Å². The quantitative estimate of drug-likeness (QED) is 0.266. The Balaban J connectivity index is 1.34. The van der Waals surface area contributed by atoms with Crippen molar-refractivity contribution in [3.8, 4) is 5.75 Å². The molecule has 5 nitrogen and oxygen atoms in total. The van der Waals surface area contributed by atoms with Crippen LogP contribution in [0.25, 0.3) is 11.0 Å². The highest BCUT2D eigenvalue weighted by Crippen LogP contribution is 2.34. The average Bonchev–Trinajstić information content (AvgIpc) is 3.40. The van der Waals surface area contributed by atoms with Crippen molar-refractivity contribution in [3.63, 3.8) is 0 Å². The third-order valence-corrected chi connectivity index (χ3v) is 6.97. The van der Waals surface area contributed by atoms with Gasteiger partial charge in [-0.05, 0) is 73.9 Å². The second-order valence-electron chi connectivity index (χ2n) is 8.96. The molecule has 0 bridgehead atoms. The largest absolute Gasteiger partial charge is 0.493 e. The van der Waals surface area contributed by atoms with Crippen molar-refractivity contribution < 1.29 is 9.53 Å². The lowest BCUT2D eigenvalue weighted by Crippen LogP contribution is -2.24. The van der Waals surface area contributed by atoms with Crippen molar-refractivity contribution in [2.45, 2.75) is 39.2 Å². The Morgan fingerprint density at radius 2 is 1.85 bits per heavy atom. The summed E-state index contributed by atoms with van der Waals surface area (Å²) in [6.07, 6.45) is 1.33. The summed E-state index contributed by atoms with van der Waals surface area (Å²) in [6.45, 7) is 6.22. The summed E-state index contributed by atoms with van der Waals surface area (Å²) in [5.41, 5.74) is 5.36. The van der Waals surface area contributed by atoms with Gasteiger partial charge in [0.15, 0.2) is 0 Å². The van der Waals surface area contributed by atoms with E-state index in [1.165, 1.54) is 5.56 Å². The van der Waals surface area contributed by atoms with Gasteiger partial charge in [-0.25, -0.2) is 4.98 Å². The van der Waals surface area contributed by atoms with Crippen LogP contribution in [-0.2, 0) is 11.3 Å². The smallest absolute Gasteiger partial charge is 0.227 e. The van der Waals surface area contributed by atoms with Gasteiger partial charge in [-0.3, -0.25) is 4.79 Å². The van der Waals surface area contributed by atoms with E-state index in [1.54, 1.807) is 0 Å². The molecule has 1 unspecified atom stereocenters. The minimum atomic E-state index is 0.0588. The predicted molar refractivity (Wildman–Crippen MR) is 140 cm³/mol. The van der Waals surface area contributed by atoms with E-state index >= 15 is 0 Å². The number of carbonyl (C=O) groups is 1. The molecule has 1 atom stereocenters. The Kier molecular flexibility index (Phi) is 6.42. The second kappa shape index (κ2) is 9.63. The summed E-state index contributed by atoms with van der Waals surface area (Å²) in [7, 11) is 0. The van der Waals surface area contributed by atoms with Crippen molar-refractivity contribution in [2.75, 3.05) is 18.1 Å². The number of fused-ring (bicyclic) bond motifs is 1. The van der Waals surface area contributed by atoms with Crippen molar-refractivity contribution >= 4 is 38.6 Å². The van der Waals surface area contributed by atoms with E-state index in [0.29, 0.717) is 19.6 Å². The van der Waals surface area contributed by atoms with E-state index in [1.807, 2.05) is 47.4 Å². The number of para-hydroxylation sites is 2. The molecule has 3 aromatic carbocycles. The maximum Gasteiger partial charge on any atom is 0.227 e. The van der Waals surface area contributed by atoms with Crippen LogP contribution in [0.4, 0.5) is 5.69 Å². The molecular formula is C28H28BrN3O2. The number of nitrogens with zero attached hydrogens (tertiary/aromatic N) is 3. The first-order valence-corrected chi connectivity index (χ1v) is 12.5. The van der Waals surface area contributed by atoms with E-state index in [2.05, 4.69) is 58.6 Å². The van der Waals surface area contributed by atoms with E-state index in [9.17, 15) is 4.79 Å². The van der Waals surface area contributed by atoms with Gasteiger partial charge in [-0.15, -0.1) is 0 Å². The number of benzene rings is 3. The third kappa shape index (κ3) is 4.60. The zero-order valence-corrected chi connectivity index (χ0v) is 21.1. The van der Waals surface area contributed by atoms with Gasteiger partial charge < -0.3 is 14.2 Å². The molecular weight excluding hydrogens is 490 g/mol. The summed E-state index contributed by atoms with van der Waals surface area (Å²) >= 11 is 3.47. The molecule has 1 amide bonds. The molecule has 0 radical (unpaired) electrons. The molecule has 0 N–H and O–H groups in total. The Bertz CT molecular complexity index is 1330. The molecule has 34 heavy (non-hydrogen) atoms. The van der Waals surface area contributed by atoms with Gasteiger partial charge >= 0.3 is 0 Å². The molecule has 1 aliphatic heterocycles. The van der Waals surface area contributed by atoms with E-state index in [0.717, 1.165) is 51.3 Å². The average molecular weight is 518 g/mol. The molecule has 6 heteroatoms. The van der Waals surface area contributed by atoms with Crippen LogP contribution in [0.3, 0.4) is 0 Å². The fourth-order valence-electron chi connectivity index (χ4n) is 4.66. The highest BCUT2D eigenvalue weighted by molar-refractivity contribution is 9.10. The highest BCUT2D eigenvalue weighted by Gasteiger charge is 2.34. The maximum atomic E-state index is 12.9. The Morgan fingerprint density at radius 3 is 2.68 bits per heavy atom. The molecule has 1 aromatic heterocycles. The minimum Gasteiger partial charge on any atom is -0.493 e. The first-order valence-electron chi connectivity index (χ1n) is 11.7. The van der Waals surface area contributed by atoms with Crippen LogP contribution in [-0.4, -0.2) is 28.6 Å². The van der Waals surface area contributed by atoms with E-state index in [-0.39, 0.29) is 11.8 Å². The van der Waals surface area contributed by atoms with Crippen LogP contribution in [0, 0.1) is 13.8 Å². The molecule has 4 aromatic rings. The van der Waals surface area contributed by atoms with Crippen molar-refractivity contribution in [3.05, 3.63) is 88.2 Å². The molecule has 1 saturated heterocycles. The Morgan fingerprint density at radius 1 is 1.06 bits per heavy atom. The molecule has 5 rings (SSSR count). The number of hydrogen-bond acceptors (Lipinski definition) is 3. The number of imidazole rings is 1. The van der Waals surface area contributed by atoms with Crippen LogP contribution >= 0.6 is 15.9 Å². The van der Waals surface area contributed by atoms with Crippen molar-refractivity contribution in [1.82, 2.24) is 9.55 Å². The van der Waals surface area contributed by atoms with Gasteiger partial charge in [-0.1, -0.05) is 40.2 Å². The van der Waals surface area contributed by atoms with Crippen LogP contribution < -0.4 is 9.64 Å². The topological polar surface area (TPSA) is 47.4 Å². The summed E-state index contributed by atoms with van der Waals surface area (Å²) in [6, 6.07) is 22.4. The predicted octanol–water partition coefficient (Wildman–Crippen LogP) is 6.41. The lowest BCUT2D eigenvalue weighted by atomic mass is 10.1. The van der Waals surface area contributed by atoms with Crippen molar-refractivity contribution in [1.29, 1.82) is 0 Å². The molecule has 1 fully saturated rings. The lowest BCUT2D eigenvalue weighted by Gasteiger charge is -2.18. The normalized spacial score (nSPS) is 15.9. The monoisotopic (exact) mass is 517 g/mol. The molecule has 1 aliphatic rings. The number of aromatic nitrogens is 2. The molecule has 0 spiro atoms. The number of carbonyl (C=O) groups excluding carboxylic acids is 1. The summed E-state index contributed by atoms with van der Waals surface area (Å²) in [5.74, 6) is 2.14. The van der Waals surface area contributed by atoms with Gasteiger partial charge in [0, 0.05) is 35.6 Å². The fraction of sp³-hybridized carbons (Fsp3) is 0.286. The molecule has 0 saturated carbocycles. The number of rotatable bonds is 7. The van der Waals surface area contributed by atoms with E-state index < -0.39 is 0 Å². The molecule has 2 heterocycles. The zero-order chi connectivity index (χ0) is 23.7. The van der Waals surface area contributed by atoms with Gasteiger partial charge in [0.25, 0.3) is 0 Å². The van der Waals surface area contributed by atoms with E-state index in [4.69, 9.17) is 9.72 Å². The molecule has 174 valence electrons. The van der Waals surface area contributed by atoms with Gasteiger partial charge in [0.2, 0.25) is 5.91 Å². The number of anilines is 1. The van der Waals surface area contributed by atoms with Crippen LogP contribution in [0.2, 0.25) is 0 Å². The van der Waals surface area contributed by atoms with Gasteiger partial charge in [0.1, 0.15) is 11.6 Å². The SMILES string of the molecule is Cc1ccc(C)c(OCCCn2c(C3CC(=O)N(c4ccc(Br)cc4)C3)nc3ccccc32)c1. The minimum absolute atomic E-state index is 0.0588. The Labute approximate surface area is 208 Å². The van der Waals surface area contributed by atoms with Crippen molar-refractivity contribution in [2.24, 2.45) is 0 Å². The summed E-state index contributed by atoms with van der Waals surface area (Å²) in [4.78, 5) is 19.8. The number of ether oxygens (including phenoxy) is 1. The fourth-order valence-corrected chi connectivity index (χ4v) is 4.92. The number of halogens is 1. The third-order valence-electron chi connectivity index (χ3n) is 6.44. The Hall–Kier alpha value is -3.12. The maximum absolute atomic E-state index is 12.9. The highest BCUT2D eigenvalue weighted by atomic mass is 79.9. The summed E-state index contributed by atoms with van der Waals surface area (Å²) < 4.78 is 9.38. The van der Waals surface area contributed by atoms with Crippen LogP contribution in [0.5, 0.6) is 5.75 Å². The standard InChI is InChI=1S/C28H28BrN3O2/c1-19-8-9-20(2)26(16-19)34-15-5-14-31-25-7-4-3-6-24(25)30-28(31)21-17-27(33)32(18-21)23-12-10-22(29)11-13-23/h3-4,6-13,16,21H,5,14-15,17-18H2,1-2H3. The molecule has 0 aliphatic carbocycles. The van der Waals surface area contributed by atoms with Crippen LogP contribution in [0.1, 0.15) is 35.7 Å². The number of aryl methyl sites for hydroxylation is 3. The zero-order valence-electron chi connectivity index (χ0n) is 19.5. The first-order chi connectivity index (χ1) is 16.5. The van der Waals surface area contributed by atoms with Gasteiger partial charge in [-0.2, -0.15) is 0 Å². The second-order valence-corrected chi connectivity index (χ2v) is 9.88. The number of hydrogen-bond donors (Lipinski definition) is 0. The number of amides is 1. The summed E-state index contributed by atoms with van der Waals surface area (Å²) in [5, 5.41) is 0.